The largest absolute Gasteiger partial charge is 0.360 e. The normalized spacial score (nSPS) is 16.9. The summed E-state index contributed by atoms with van der Waals surface area (Å²) in [5.41, 5.74) is 0.935. The summed E-state index contributed by atoms with van der Waals surface area (Å²) in [4.78, 5) is 13.1. The highest BCUT2D eigenvalue weighted by atomic mass is 35.5. The van der Waals surface area contributed by atoms with Gasteiger partial charge in [0.1, 0.15) is 0 Å². The summed E-state index contributed by atoms with van der Waals surface area (Å²) in [6.45, 7) is 4.83. The lowest BCUT2D eigenvalue weighted by atomic mass is 10.0. The lowest BCUT2D eigenvalue weighted by Crippen LogP contribution is -2.43. The maximum atomic E-state index is 5.84. The maximum absolute atomic E-state index is 5.84. The highest BCUT2D eigenvalue weighted by Crippen LogP contribution is 2.21. The standard InChI is InChI=1S/C15H20ClN5O/c1-11-7-14(22-19-11)10-21-5-3-13(4-6-21)20(2)15-17-8-12(16)9-18-15/h7-9,13H,3-6,10H2,1-2H3. The van der Waals surface area contributed by atoms with Gasteiger partial charge in [-0.3, -0.25) is 4.90 Å². The van der Waals surface area contributed by atoms with Gasteiger partial charge < -0.3 is 9.42 Å². The van der Waals surface area contributed by atoms with E-state index in [0.717, 1.165) is 49.9 Å². The number of anilines is 1. The summed E-state index contributed by atoms with van der Waals surface area (Å²) in [6.07, 6.45) is 5.44. The second kappa shape index (κ2) is 6.62. The quantitative estimate of drug-likeness (QED) is 0.862. The highest BCUT2D eigenvalue weighted by Gasteiger charge is 2.24. The minimum atomic E-state index is 0.453. The number of nitrogens with zero attached hydrogens (tertiary/aromatic N) is 5. The fourth-order valence-electron chi connectivity index (χ4n) is 2.83. The van der Waals surface area contributed by atoms with Crippen molar-refractivity contribution < 1.29 is 4.52 Å². The molecule has 0 bridgehead atoms. The average molecular weight is 322 g/mol. The number of halogens is 1. The Bertz CT molecular complexity index is 607. The summed E-state index contributed by atoms with van der Waals surface area (Å²) in [6, 6.07) is 2.45. The molecule has 2 aromatic rings. The number of hydrogen-bond donors (Lipinski definition) is 0. The van der Waals surface area contributed by atoms with E-state index in [1.165, 1.54) is 0 Å². The van der Waals surface area contributed by atoms with Crippen molar-refractivity contribution in [3.05, 3.63) is 34.9 Å². The Morgan fingerprint density at radius 2 is 2.00 bits per heavy atom. The Kier molecular flexibility index (Phi) is 4.59. The predicted octanol–water partition coefficient (Wildman–Crippen LogP) is 2.53. The fraction of sp³-hybridized carbons (Fsp3) is 0.533. The molecule has 3 heterocycles. The van der Waals surface area contributed by atoms with Crippen molar-refractivity contribution in [3.63, 3.8) is 0 Å². The molecule has 1 fully saturated rings. The third kappa shape index (κ3) is 3.56. The van der Waals surface area contributed by atoms with Crippen molar-refractivity contribution >= 4 is 17.5 Å². The van der Waals surface area contributed by atoms with E-state index in [1.807, 2.05) is 20.0 Å². The van der Waals surface area contributed by atoms with Crippen LogP contribution in [0.4, 0.5) is 5.95 Å². The van der Waals surface area contributed by atoms with E-state index < -0.39 is 0 Å². The molecule has 0 atom stereocenters. The Balaban J connectivity index is 1.53. The molecular weight excluding hydrogens is 302 g/mol. The molecule has 3 rings (SSSR count). The molecule has 0 spiro atoms. The first-order valence-corrected chi connectivity index (χ1v) is 7.84. The Morgan fingerprint density at radius 3 is 2.59 bits per heavy atom. The lowest BCUT2D eigenvalue weighted by molar-refractivity contribution is 0.183. The lowest BCUT2D eigenvalue weighted by Gasteiger charge is -2.36. The van der Waals surface area contributed by atoms with Gasteiger partial charge in [0.25, 0.3) is 0 Å². The number of aromatic nitrogens is 3. The summed E-state index contributed by atoms with van der Waals surface area (Å²) in [5, 5.41) is 4.50. The molecule has 0 aromatic carbocycles. The molecule has 2 aromatic heterocycles. The average Bonchev–Trinajstić information content (AvgIpc) is 2.93. The van der Waals surface area contributed by atoms with Gasteiger partial charge in [0, 0.05) is 32.2 Å². The summed E-state index contributed by atoms with van der Waals surface area (Å²) in [5.74, 6) is 1.67. The van der Waals surface area contributed by atoms with E-state index in [9.17, 15) is 0 Å². The minimum Gasteiger partial charge on any atom is -0.360 e. The van der Waals surface area contributed by atoms with E-state index in [-0.39, 0.29) is 0 Å². The topological polar surface area (TPSA) is 58.3 Å². The first kappa shape index (κ1) is 15.2. The van der Waals surface area contributed by atoms with E-state index in [2.05, 4.69) is 24.9 Å². The number of piperidine rings is 1. The van der Waals surface area contributed by atoms with Crippen LogP contribution in [-0.2, 0) is 6.54 Å². The molecule has 118 valence electrons. The molecule has 1 aliphatic heterocycles. The van der Waals surface area contributed by atoms with Gasteiger partial charge in [0.05, 0.1) is 29.7 Å². The zero-order valence-electron chi connectivity index (χ0n) is 12.9. The van der Waals surface area contributed by atoms with E-state index in [4.69, 9.17) is 16.1 Å². The number of hydrogen-bond acceptors (Lipinski definition) is 6. The molecule has 1 aliphatic rings. The predicted molar refractivity (Wildman–Crippen MR) is 85.0 cm³/mol. The smallest absolute Gasteiger partial charge is 0.225 e. The van der Waals surface area contributed by atoms with Crippen LogP contribution in [0.25, 0.3) is 0 Å². The Morgan fingerprint density at radius 1 is 1.32 bits per heavy atom. The molecule has 0 amide bonds. The number of likely N-dealkylation sites (tertiary alicyclic amines) is 1. The molecule has 6 nitrogen and oxygen atoms in total. The molecule has 0 radical (unpaired) electrons. The Labute approximate surface area is 135 Å². The van der Waals surface area contributed by atoms with Gasteiger partial charge in [0.15, 0.2) is 5.76 Å². The van der Waals surface area contributed by atoms with Crippen molar-refractivity contribution in [3.8, 4) is 0 Å². The molecule has 0 aliphatic carbocycles. The van der Waals surface area contributed by atoms with Crippen molar-refractivity contribution in [2.75, 3.05) is 25.0 Å². The zero-order chi connectivity index (χ0) is 15.5. The molecule has 7 heteroatoms. The van der Waals surface area contributed by atoms with Crippen LogP contribution in [0.1, 0.15) is 24.3 Å². The van der Waals surface area contributed by atoms with Crippen molar-refractivity contribution in [1.82, 2.24) is 20.0 Å². The van der Waals surface area contributed by atoms with Crippen LogP contribution in [0, 0.1) is 6.92 Å². The van der Waals surface area contributed by atoms with E-state index in [1.54, 1.807) is 12.4 Å². The fourth-order valence-corrected chi connectivity index (χ4v) is 2.92. The van der Waals surface area contributed by atoms with Crippen LogP contribution in [0.2, 0.25) is 5.02 Å². The molecule has 22 heavy (non-hydrogen) atoms. The number of rotatable bonds is 4. The maximum Gasteiger partial charge on any atom is 0.225 e. The van der Waals surface area contributed by atoms with E-state index in [0.29, 0.717) is 11.1 Å². The van der Waals surface area contributed by atoms with Crippen LogP contribution in [0.3, 0.4) is 0 Å². The van der Waals surface area contributed by atoms with Crippen LogP contribution < -0.4 is 4.90 Å². The second-order valence-electron chi connectivity index (χ2n) is 5.75. The molecular formula is C15H20ClN5O. The van der Waals surface area contributed by atoms with Gasteiger partial charge >= 0.3 is 0 Å². The van der Waals surface area contributed by atoms with Crippen molar-refractivity contribution in [2.45, 2.75) is 32.4 Å². The van der Waals surface area contributed by atoms with Gasteiger partial charge in [-0.25, -0.2) is 9.97 Å². The van der Waals surface area contributed by atoms with Crippen LogP contribution >= 0.6 is 11.6 Å². The summed E-state index contributed by atoms with van der Waals surface area (Å²) < 4.78 is 5.29. The molecule has 1 saturated heterocycles. The van der Waals surface area contributed by atoms with Gasteiger partial charge in [-0.05, 0) is 19.8 Å². The molecule has 0 unspecified atom stereocenters. The minimum absolute atomic E-state index is 0.453. The number of aryl methyl sites for hydroxylation is 1. The Hall–Kier alpha value is -1.66. The highest BCUT2D eigenvalue weighted by molar-refractivity contribution is 6.30. The van der Waals surface area contributed by atoms with Gasteiger partial charge in [-0.1, -0.05) is 16.8 Å². The van der Waals surface area contributed by atoms with Gasteiger partial charge in [0.2, 0.25) is 5.95 Å². The SMILES string of the molecule is Cc1cc(CN2CCC(N(C)c3ncc(Cl)cn3)CC2)on1. The summed E-state index contributed by atoms with van der Waals surface area (Å²) in [7, 11) is 2.05. The van der Waals surface area contributed by atoms with Crippen LogP contribution in [-0.4, -0.2) is 46.2 Å². The third-order valence-corrected chi connectivity index (χ3v) is 4.28. The third-order valence-electron chi connectivity index (χ3n) is 4.08. The van der Waals surface area contributed by atoms with Gasteiger partial charge in [-0.15, -0.1) is 0 Å². The first-order valence-electron chi connectivity index (χ1n) is 7.47. The molecule has 0 N–H and O–H groups in total. The van der Waals surface area contributed by atoms with Crippen molar-refractivity contribution in [1.29, 1.82) is 0 Å². The van der Waals surface area contributed by atoms with Crippen LogP contribution in [0.5, 0.6) is 0 Å². The van der Waals surface area contributed by atoms with Crippen molar-refractivity contribution in [2.24, 2.45) is 0 Å². The monoisotopic (exact) mass is 321 g/mol. The summed E-state index contributed by atoms with van der Waals surface area (Å²) >= 11 is 5.84. The molecule has 0 saturated carbocycles. The van der Waals surface area contributed by atoms with Crippen LogP contribution in [0.15, 0.2) is 23.0 Å². The zero-order valence-corrected chi connectivity index (χ0v) is 13.6. The second-order valence-corrected chi connectivity index (χ2v) is 6.19. The first-order chi connectivity index (χ1) is 10.6. The van der Waals surface area contributed by atoms with E-state index >= 15 is 0 Å². The van der Waals surface area contributed by atoms with Gasteiger partial charge in [-0.2, -0.15) is 0 Å².